The summed E-state index contributed by atoms with van der Waals surface area (Å²) in [6.45, 7) is 9.14. The standard InChI is InChI=1S/C15H21N3OS/c1-5-16-14(9-20-15-18-17-12(4)19-15)13-8-10(2)6-7-11(13)3/h6-8,14,16H,5,9H2,1-4H3. The summed E-state index contributed by atoms with van der Waals surface area (Å²) in [7, 11) is 0. The fourth-order valence-corrected chi connectivity index (χ4v) is 3.02. The van der Waals surface area contributed by atoms with E-state index in [0.717, 1.165) is 12.3 Å². The summed E-state index contributed by atoms with van der Waals surface area (Å²) in [4.78, 5) is 0. The molecule has 1 aromatic carbocycles. The molecule has 0 saturated carbocycles. The van der Waals surface area contributed by atoms with Crippen molar-refractivity contribution in [3.63, 3.8) is 0 Å². The molecule has 108 valence electrons. The first kappa shape index (κ1) is 15.1. The molecule has 0 aliphatic rings. The second kappa shape index (κ2) is 6.90. The number of aryl methyl sites for hydroxylation is 3. The lowest BCUT2D eigenvalue weighted by atomic mass is 10.00. The van der Waals surface area contributed by atoms with Crippen LogP contribution in [0.4, 0.5) is 0 Å². The smallest absolute Gasteiger partial charge is 0.276 e. The minimum Gasteiger partial charge on any atom is -0.416 e. The van der Waals surface area contributed by atoms with Gasteiger partial charge in [-0.15, -0.1) is 10.2 Å². The Bertz CT molecular complexity index is 568. The molecule has 0 fully saturated rings. The zero-order chi connectivity index (χ0) is 14.5. The summed E-state index contributed by atoms with van der Waals surface area (Å²) in [6.07, 6.45) is 0. The average Bonchev–Trinajstić information content (AvgIpc) is 2.83. The van der Waals surface area contributed by atoms with Crippen LogP contribution in [0.25, 0.3) is 0 Å². The Labute approximate surface area is 124 Å². The molecule has 0 radical (unpaired) electrons. The monoisotopic (exact) mass is 291 g/mol. The minimum atomic E-state index is 0.289. The molecule has 2 rings (SSSR count). The molecule has 2 aromatic rings. The predicted octanol–water partition coefficient (Wildman–Crippen LogP) is 3.44. The molecule has 0 aliphatic carbocycles. The van der Waals surface area contributed by atoms with E-state index in [-0.39, 0.29) is 6.04 Å². The molecule has 5 heteroatoms. The Morgan fingerprint density at radius 3 is 2.70 bits per heavy atom. The highest BCUT2D eigenvalue weighted by Gasteiger charge is 2.15. The van der Waals surface area contributed by atoms with Gasteiger partial charge in [0.05, 0.1) is 0 Å². The van der Waals surface area contributed by atoms with E-state index in [1.54, 1.807) is 11.8 Å². The fraction of sp³-hybridized carbons (Fsp3) is 0.467. The Balaban J connectivity index is 2.11. The quantitative estimate of drug-likeness (QED) is 0.826. The molecular weight excluding hydrogens is 270 g/mol. The summed E-state index contributed by atoms with van der Waals surface area (Å²) < 4.78 is 5.41. The van der Waals surface area contributed by atoms with Crippen LogP contribution in [0.15, 0.2) is 27.8 Å². The molecule has 1 heterocycles. The van der Waals surface area contributed by atoms with E-state index < -0.39 is 0 Å². The van der Waals surface area contributed by atoms with Crippen molar-refractivity contribution < 1.29 is 4.42 Å². The van der Waals surface area contributed by atoms with Gasteiger partial charge < -0.3 is 9.73 Å². The lowest BCUT2D eigenvalue weighted by Gasteiger charge is -2.20. The van der Waals surface area contributed by atoms with Crippen LogP contribution in [0.2, 0.25) is 0 Å². The third-order valence-corrected chi connectivity index (χ3v) is 4.05. The second-order valence-electron chi connectivity index (χ2n) is 4.87. The van der Waals surface area contributed by atoms with E-state index in [1.807, 2.05) is 6.92 Å². The van der Waals surface area contributed by atoms with Crippen LogP contribution in [0, 0.1) is 20.8 Å². The molecule has 1 aromatic heterocycles. The number of nitrogens with zero attached hydrogens (tertiary/aromatic N) is 2. The Kier molecular flexibility index (Phi) is 5.20. The predicted molar refractivity (Wildman–Crippen MR) is 82.1 cm³/mol. The van der Waals surface area contributed by atoms with E-state index >= 15 is 0 Å². The van der Waals surface area contributed by atoms with Crippen LogP contribution < -0.4 is 5.32 Å². The van der Waals surface area contributed by atoms with E-state index in [9.17, 15) is 0 Å². The highest BCUT2D eigenvalue weighted by Crippen LogP contribution is 2.26. The van der Waals surface area contributed by atoms with E-state index in [2.05, 4.69) is 54.5 Å². The second-order valence-corrected chi connectivity index (χ2v) is 5.84. The van der Waals surface area contributed by atoms with Gasteiger partial charge in [-0.2, -0.15) is 0 Å². The summed E-state index contributed by atoms with van der Waals surface area (Å²) in [5.41, 5.74) is 3.94. The highest BCUT2D eigenvalue weighted by atomic mass is 32.2. The van der Waals surface area contributed by atoms with Crippen LogP contribution in [0.3, 0.4) is 0 Å². The van der Waals surface area contributed by atoms with Gasteiger partial charge in [0.2, 0.25) is 5.89 Å². The van der Waals surface area contributed by atoms with Crippen molar-refractivity contribution in [2.75, 3.05) is 12.3 Å². The summed E-state index contributed by atoms with van der Waals surface area (Å²) >= 11 is 1.60. The van der Waals surface area contributed by atoms with E-state index in [4.69, 9.17) is 4.42 Å². The highest BCUT2D eigenvalue weighted by molar-refractivity contribution is 7.99. The normalized spacial score (nSPS) is 12.6. The van der Waals surface area contributed by atoms with Crippen LogP contribution in [0.5, 0.6) is 0 Å². The van der Waals surface area contributed by atoms with Crippen molar-refractivity contribution in [1.82, 2.24) is 15.5 Å². The fourth-order valence-electron chi connectivity index (χ4n) is 2.13. The van der Waals surface area contributed by atoms with Gasteiger partial charge in [-0.25, -0.2) is 0 Å². The summed E-state index contributed by atoms with van der Waals surface area (Å²) in [5.74, 6) is 1.49. The first-order valence-corrected chi connectivity index (χ1v) is 7.82. The number of nitrogens with one attached hydrogen (secondary N) is 1. The van der Waals surface area contributed by atoms with Gasteiger partial charge in [0, 0.05) is 18.7 Å². The molecule has 0 saturated heterocycles. The number of hydrogen-bond donors (Lipinski definition) is 1. The third kappa shape index (κ3) is 3.84. The summed E-state index contributed by atoms with van der Waals surface area (Å²) in [5, 5.41) is 12.1. The zero-order valence-corrected chi connectivity index (χ0v) is 13.3. The Morgan fingerprint density at radius 1 is 1.25 bits per heavy atom. The number of rotatable bonds is 6. The van der Waals surface area contributed by atoms with Gasteiger partial charge in [0.15, 0.2) is 0 Å². The number of hydrogen-bond acceptors (Lipinski definition) is 5. The minimum absolute atomic E-state index is 0.289. The van der Waals surface area contributed by atoms with Crippen molar-refractivity contribution in [1.29, 1.82) is 0 Å². The largest absolute Gasteiger partial charge is 0.416 e. The van der Waals surface area contributed by atoms with Gasteiger partial charge in [-0.1, -0.05) is 42.4 Å². The average molecular weight is 291 g/mol. The van der Waals surface area contributed by atoms with Gasteiger partial charge in [0.25, 0.3) is 5.22 Å². The SMILES string of the molecule is CCNC(CSc1nnc(C)o1)c1cc(C)ccc1C. The van der Waals surface area contributed by atoms with Crippen molar-refractivity contribution in [2.45, 2.75) is 39.0 Å². The molecular formula is C15H21N3OS. The van der Waals surface area contributed by atoms with Crippen LogP contribution in [-0.4, -0.2) is 22.5 Å². The lowest BCUT2D eigenvalue weighted by Crippen LogP contribution is -2.23. The van der Waals surface area contributed by atoms with E-state index in [1.165, 1.54) is 16.7 Å². The van der Waals surface area contributed by atoms with Crippen molar-refractivity contribution in [3.05, 3.63) is 40.8 Å². The van der Waals surface area contributed by atoms with Gasteiger partial charge in [-0.3, -0.25) is 0 Å². The molecule has 1 atom stereocenters. The van der Waals surface area contributed by atoms with Crippen molar-refractivity contribution in [2.24, 2.45) is 0 Å². The Hall–Kier alpha value is -1.33. The van der Waals surface area contributed by atoms with Gasteiger partial charge >= 0.3 is 0 Å². The number of benzene rings is 1. The molecule has 1 unspecified atom stereocenters. The zero-order valence-electron chi connectivity index (χ0n) is 12.4. The lowest BCUT2D eigenvalue weighted by molar-refractivity contribution is 0.428. The summed E-state index contributed by atoms with van der Waals surface area (Å²) in [6, 6.07) is 6.87. The topological polar surface area (TPSA) is 51.0 Å². The molecule has 0 amide bonds. The third-order valence-electron chi connectivity index (χ3n) is 3.14. The van der Waals surface area contributed by atoms with Crippen molar-refractivity contribution >= 4 is 11.8 Å². The molecule has 0 spiro atoms. The maximum absolute atomic E-state index is 5.41. The number of aromatic nitrogens is 2. The number of thioether (sulfide) groups is 1. The maximum atomic E-state index is 5.41. The molecule has 1 N–H and O–H groups in total. The molecule has 4 nitrogen and oxygen atoms in total. The molecule has 0 bridgehead atoms. The van der Waals surface area contributed by atoms with Gasteiger partial charge in [0.1, 0.15) is 0 Å². The molecule has 0 aliphatic heterocycles. The van der Waals surface area contributed by atoms with Crippen LogP contribution >= 0.6 is 11.8 Å². The molecule has 20 heavy (non-hydrogen) atoms. The van der Waals surface area contributed by atoms with Gasteiger partial charge in [-0.05, 0) is 31.5 Å². The van der Waals surface area contributed by atoms with Crippen LogP contribution in [0.1, 0.15) is 35.5 Å². The van der Waals surface area contributed by atoms with Crippen LogP contribution in [-0.2, 0) is 0 Å². The first-order chi connectivity index (χ1) is 9.60. The van der Waals surface area contributed by atoms with E-state index in [0.29, 0.717) is 11.1 Å². The maximum Gasteiger partial charge on any atom is 0.276 e. The van der Waals surface area contributed by atoms with Crippen molar-refractivity contribution in [3.8, 4) is 0 Å². The first-order valence-electron chi connectivity index (χ1n) is 6.83. The Morgan fingerprint density at radius 2 is 2.05 bits per heavy atom.